The maximum atomic E-state index is 11.9. The van der Waals surface area contributed by atoms with Gasteiger partial charge in [-0.1, -0.05) is 42.5 Å². The molecule has 0 atom stereocenters. The number of nitro groups is 1. The molecule has 0 spiro atoms. The van der Waals surface area contributed by atoms with Gasteiger partial charge in [0.2, 0.25) is 11.6 Å². The first-order valence-electron chi connectivity index (χ1n) is 9.91. The average molecular weight is 468 g/mol. The molecule has 0 bridgehead atoms. The zero-order chi connectivity index (χ0) is 20.9. The van der Waals surface area contributed by atoms with Crippen molar-refractivity contribution < 1.29 is 4.92 Å². The van der Waals surface area contributed by atoms with E-state index < -0.39 is 4.92 Å². The number of nitrogens with one attached hydrogen (secondary N) is 1. The molecule has 4 rings (SSSR count). The Labute approximate surface area is 183 Å². The lowest BCUT2D eigenvalue weighted by atomic mass is 9.90. The summed E-state index contributed by atoms with van der Waals surface area (Å²) in [7, 11) is 0. The van der Waals surface area contributed by atoms with Gasteiger partial charge in [0, 0.05) is 17.6 Å². The second-order valence-corrected chi connectivity index (χ2v) is 8.23. The van der Waals surface area contributed by atoms with Gasteiger partial charge in [-0.3, -0.25) is 10.1 Å². The molecule has 1 saturated heterocycles. The van der Waals surface area contributed by atoms with Crippen molar-refractivity contribution in [2.45, 2.75) is 19.3 Å². The molecule has 1 aliphatic rings. The third-order valence-corrected chi connectivity index (χ3v) is 6.09. The summed E-state index contributed by atoms with van der Waals surface area (Å²) >= 11 is 3.46. The molecule has 1 aliphatic heterocycles. The molecule has 2 aromatic carbocycles. The van der Waals surface area contributed by atoms with Crippen molar-refractivity contribution >= 4 is 38.9 Å². The Balaban J connectivity index is 1.52. The average Bonchev–Trinajstić information content (AvgIpc) is 2.76. The van der Waals surface area contributed by atoms with Crippen LogP contribution in [0.15, 0.2) is 65.4 Å². The second kappa shape index (κ2) is 9.21. The van der Waals surface area contributed by atoms with Crippen molar-refractivity contribution in [2.75, 3.05) is 23.3 Å². The highest BCUT2D eigenvalue weighted by molar-refractivity contribution is 9.10. The van der Waals surface area contributed by atoms with E-state index in [0.717, 1.165) is 36.8 Å². The van der Waals surface area contributed by atoms with Crippen LogP contribution in [-0.2, 0) is 6.42 Å². The quantitative estimate of drug-likeness (QED) is 0.388. The van der Waals surface area contributed by atoms with E-state index in [2.05, 4.69) is 55.5 Å². The van der Waals surface area contributed by atoms with Gasteiger partial charge in [-0.2, -0.15) is 0 Å². The fourth-order valence-electron chi connectivity index (χ4n) is 3.85. The predicted octanol–water partition coefficient (Wildman–Crippen LogP) is 5.35. The molecule has 30 heavy (non-hydrogen) atoms. The minimum atomic E-state index is -0.398. The number of hydrogen-bond acceptors (Lipinski definition) is 6. The number of piperidine rings is 1. The molecular formula is C22H22BrN5O2. The van der Waals surface area contributed by atoms with Gasteiger partial charge in [-0.25, -0.2) is 9.97 Å². The van der Waals surface area contributed by atoms with Crippen LogP contribution in [0.4, 0.5) is 23.0 Å². The van der Waals surface area contributed by atoms with E-state index in [1.807, 2.05) is 35.2 Å². The predicted molar refractivity (Wildman–Crippen MR) is 121 cm³/mol. The molecule has 1 fully saturated rings. The van der Waals surface area contributed by atoms with Crippen molar-refractivity contribution in [1.82, 2.24) is 9.97 Å². The second-order valence-electron chi connectivity index (χ2n) is 7.38. The Bertz CT molecular complexity index is 1020. The molecule has 0 radical (unpaired) electrons. The lowest BCUT2D eigenvalue weighted by Gasteiger charge is -2.32. The Morgan fingerprint density at radius 2 is 1.77 bits per heavy atom. The van der Waals surface area contributed by atoms with Crippen LogP contribution in [0.2, 0.25) is 0 Å². The van der Waals surface area contributed by atoms with Crippen LogP contribution < -0.4 is 10.2 Å². The number of anilines is 3. The van der Waals surface area contributed by atoms with Crippen molar-refractivity contribution in [2.24, 2.45) is 5.92 Å². The number of nitrogens with zero attached hydrogens (tertiary/aromatic N) is 4. The van der Waals surface area contributed by atoms with Crippen LogP contribution in [0.25, 0.3) is 0 Å². The Morgan fingerprint density at radius 3 is 2.47 bits per heavy atom. The van der Waals surface area contributed by atoms with E-state index in [-0.39, 0.29) is 11.5 Å². The number of rotatable bonds is 6. The minimum Gasteiger partial charge on any atom is -0.351 e. The van der Waals surface area contributed by atoms with Gasteiger partial charge in [0.05, 0.1) is 10.6 Å². The number of aromatic nitrogens is 2. The zero-order valence-electron chi connectivity index (χ0n) is 16.4. The molecule has 2 heterocycles. The van der Waals surface area contributed by atoms with Gasteiger partial charge >= 0.3 is 5.69 Å². The van der Waals surface area contributed by atoms with Crippen LogP contribution in [0.1, 0.15) is 18.4 Å². The number of para-hydroxylation sites is 1. The first-order chi connectivity index (χ1) is 14.6. The number of benzene rings is 2. The van der Waals surface area contributed by atoms with Crippen LogP contribution >= 0.6 is 15.9 Å². The summed E-state index contributed by atoms with van der Waals surface area (Å²) in [6.45, 7) is 1.48. The van der Waals surface area contributed by atoms with Crippen molar-refractivity contribution in [1.29, 1.82) is 0 Å². The van der Waals surface area contributed by atoms with E-state index in [1.165, 1.54) is 11.9 Å². The summed E-state index contributed by atoms with van der Waals surface area (Å²) < 4.78 is 0.807. The fourth-order valence-corrected chi connectivity index (χ4v) is 4.23. The summed E-state index contributed by atoms with van der Waals surface area (Å²) in [5, 5.41) is 15.0. The van der Waals surface area contributed by atoms with Gasteiger partial charge < -0.3 is 10.2 Å². The summed E-state index contributed by atoms with van der Waals surface area (Å²) in [4.78, 5) is 22.0. The van der Waals surface area contributed by atoms with E-state index in [0.29, 0.717) is 17.4 Å². The number of hydrogen-bond donors (Lipinski definition) is 1. The number of halogens is 1. The lowest BCUT2D eigenvalue weighted by Crippen LogP contribution is -2.35. The molecule has 154 valence electrons. The summed E-state index contributed by atoms with van der Waals surface area (Å²) in [6.07, 6.45) is 4.37. The summed E-state index contributed by atoms with van der Waals surface area (Å²) in [5.74, 6) is 1.15. The topological polar surface area (TPSA) is 84.2 Å². The third kappa shape index (κ3) is 4.59. The maximum absolute atomic E-state index is 11.9. The largest absolute Gasteiger partial charge is 0.353 e. The zero-order valence-corrected chi connectivity index (χ0v) is 18.0. The van der Waals surface area contributed by atoms with E-state index in [1.54, 1.807) is 0 Å². The van der Waals surface area contributed by atoms with Crippen LogP contribution in [0, 0.1) is 16.0 Å². The molecule has 1 aromatic heterocycles. The monoisotopic (exact) mass is 467 g/mol. The smallest absolute Gasteiger partial charge is 0.351 e. The lowest BCUT2D eigenvalue weighted by molar-refractivity contribution is -0.383. The normalized spacial score (nSPS) is 14.5. The standard InChI is InChI=1S/C22H22BrN5O2/c23-18-8-4-5-9-19(18)26-21-20(28(29)30)22(25-15-24-21)27-12-10-17(11-13-27)14-16-6-2-1-3-7-16/h1-9,15,17H,10-14H2,(H,24,25,26). The first kappa shape index (κ1) is 20.3. The highest BCUT2D eigenvalue weighted by atomic mass is 79.9. The van der Waals surface area contributed by atoms with Crippen molar-refractivity contribution in [3.8, 4) is 0 Å². The highest BCUT2D eigenvalue weighted by Crippen LogP contribution is 2.36. The molecule has 7 nitrogen and oxygen atoms in total. The molecule has 1 N–H and O–H groups in total. The summed E-state index contributed by atoms with van der Waals surface area (Å²) in [5.41, 5.74) is 1.96. The van der Waals surface area contributed by atoms with Crippen LogP contribution in [-0.4, -0.2) is 28.0 Å². The Kier molecular flexibility index (Phi) is 6.23. The van der Waals surface area contributed by atoms with Crippen molar-refractivity contribution in [3.63, 3.8) is 0 Å². The van der Waals surface area contributed by atoms with E-state index in [4.69, 9.17) is 0 Å². The molecular weight excluding hydrogens is 446 g/mol. The molecule has 8 heteroatoms. The van der Waals surface area contributed by atoms with Gasteiger partial charge in [0.25, 0.3) is 0 Å². The van der Waals surface area contributed by atoms with Crippen LogP contribution in [0.5, 0.6) is 0 Å². The van der Waals surface area contributed by atoms with Gasteiger partial charge in [-0.15, -0.1) is 0 Å². The molecule has 0 unspecified atom stereocenters. The van der Waals surface area contributed by atoms with Crippen LogP contribution in [0.3, 0.4) is 0 Å². The SMILES string of the molecule is O=[N+]([O-])c1c(Nc2ccccc2Br)ncnc1N1CCC(Cc2ccccc2)CC1. The first-order valence-corrected chi connectivity index (χ1v) is 10.7. The van der Waals surface area contributed by atoms with Gasteiger partial charge in [0.1, 0.15) is 6.33 Å². The molecule has 3 aromatic rings. The Hall–Kier alpha value is -3.00. The van der Waals surface area contributed by atoms with E-state index >= 15 is 0 Å². The molecule has 0 amide bonds. The third-order valence-electron chi connectivity index (χ3n) is 5.39. The van der Waals surface area contributed by atoms with Gasteiger partial charge in [0.15, 0.2) is 0 Å². The molecule has 0 saturated carbocycles. The maximum Gasteiger partial charge on any atom is 0.353 e. The fraction of sp³-hybridized carbons (Fsp3) is 0.273. The van der Waals surface area contributed by atoms with E-state index in [9.17, 15) is 10.1 Å². The van der Waals surface area contributed by atoms with Gasteiger partial charge in [-0.05, 0) is 58.8 Å². The summed E-state index contributed by atoms with van der Waals surface area (Å²) in [6, 6.07) is 17.9. The molecule has 0 aliphatic carbocycles. The Morgan fingerprint density at radius 1 is 1.07 bits per heavy atom. The van der Waals surface area contributed by atoms with Crippen molar-refractivity contribution in [3.05, 3.63) is 81.1 Å². The highest BCUT2D eigenvalue weighted by Gasteiger charge is 2.30. The minimum absolute atomic E-state index is 0.0882.